The molecule has 0 aromatic carbocycles. The second kappa shape index (κ2) is 5.84. The molecule has 2 nitrogen and oxygen atoms in total. The molecule has 1 rings (SSSR count). The molecule has 2 atom stereocenters. The Bertz CT molecular complexity index is 198. The predicted octanol–water partition coefficient (Wildman–Crippen LogP) is 3.23. The zero-order chi connectivity index (χ0) is 10.4. The summed E-state index contributed by atoms with van der Waals surface area (Å²) < 4.78 is 0. The third kappa shape index (κ3) is 3.17. The summed E-state index contributed by atoms with van der Waals surface area (Å²) >= 11 is 0. The van der Waals surface area contributed by atoms with E-state index in [-0.39, 0.29) is 11.8 Å². The van der Waals surface area contributed by atoms with E-state index in [4.69, 9.17) is 5.11 Å². The highest BCUT2D eigenvalue weighted by Crippen LogP contribution is 2.28. The molecule has 0 radical (unpaired) electrons. The van der Waals surface area contributed by atoms with Gasteiger partial charge in [-0.25, -0.2) is 0 Å². The van der Waals surface area contributed by atoms with Crippen molar-refractivity contribution in [1.29, 1.82) is 0 Å². The minimum atomic E-state index is -0.642. The highest BCUT2D eigenvalue weighted by Gasteiger charge is 2.25. The maximum Gasteiger partial charge on any atom is 0.307 e. The average molecular weight is 196 g/mol. The maximum absolute atomic E-state index is 11.1. The molecule has 1 aliphatic carbocycles. The van der Waals surface area contributed by atoms with Gasteiger partial charge in [-0.2, -0.15) is 0 Å². The summed E-state index contributed by atoms with van der Waals surface area (Å²) in [5, 5.41) is 9.10. The molecule has 2 unspecified atom stereocenters. The number of hydrogen-bond acceptors (Lipinski definition) is 1. The van der Waals surface area contributed by atoms with Crippen molar-refractivity contribution in [3.8, 4) is 0 Å². The summed E-state index contributed by atoms with van der Waals surface area (Å²) in [7, 11) is 0. The molecule has 0 heterocycles. The molecule has 0 aromatic rings. The molecule has 80 valence electrons. The van der Waals surface area contributed by atoms with Gasteiger partial charge in [-0.3, -0.25) is 4.79 Å². The third-order valence-corrected chi connectivity index (χ3v) is 3.19. The third-order valence-electron chi connectivity index (χ3n) is 3.19. The molecule has 0 spiro atoms. The Morgan fingerprint density at radius 1 is 1.14 bits per heavy atom. The smallest absolute Gasteiger partial charge is 0.307 e. The van der Waals surface area contributed by atoms with E-state index in [1.165, 1.54) is 19.3 Å². The second-order valence-corrected chi connectivity index (χ2v) is 4.19. The monoisotopic (exact) mass is 196 g/mol. The lowest BCUT2D eigenvalue weighted by atomic mass is 9.85. The number of carboxylic acids is 1. The van der Waals surface area contributed by atoms with Gasteiger partial charge >= 0.3 is 5.97 Å². The van der Waals surface area contributed by atoms with Gasteiger partial charge in [0.05, 0.1) is 5.92 Å². The lowest BCUT2D eigenvalue weighted by Crippen LogP contribution is -2.22. The van der Waals surface area contributed by atoms with E-state index in [9.17, 15) is 4.79 Å². The molecule has 2 heteroatoms. The molecule has 0 aliphatic heterocycles. The van der Waals surface area contributed by atoms with E-state index in [0.717, 1.165) is 25.7 Å². The van der Waals surface area contributed by atoms with E-state index in [0.29, 0.717) is 0 Å². The minimum absolute atomic E-state index is 0.186. The fourth-order valence-electron chi connectivity index (χ4n) is 2.28. The van der Waals surface area contributed by atoms with Crippen molar-refractivity contribution in [3.63, 3.8) is 0 Å². The van der Waals surface area contributed by atoms with Gasteiger partial charge < -0.3 is 5.11 Å². The second-order valence-electron chi connectivity index (χ2n) is 4.19. The molecule has 0 saturated heterocycles. The van der Waals surface area contributed by atoms with Crippen molar-refractivity contribution in [2.45, 2.75) is 44.9 Å². The average Bonchev–Trinajstić information content (AvgIpc) is 2.27. The zero-order valence-electron chi connectivity index (χ0n) is 8.74. The fourth-order valence-corrected chi connectivity index (χ4v) is 2.28. The lowest BCUT2D eigenvalue weighted by Gasteiger charge is -2.19. The maximum atomic E-state index is 11.1. The van der Waals surface area contributed by atoms with Gasteiger partial charge in [0.1, 0.15) is 0 Å². The van der Waals surface area contributed by atoms with Gasteiger partial charge in [-0.05, 0) is 18.8 Å². The van der Waals surface area contributed by atoms with Crippen LogP contribution in [-0.4, -0.2) is 11.1 Å². The van der Waals surface area contributed by atoms with Gasteiger partial charge in [-0.15, -0.1) is 6.58 Å². The number of allylic oxidation sites excluding steroid dienone is 1. The highest BCUT2D eigenvalue weighted by atomic mass is 16.4. The number of aliphatic carboxylic acids is 1. The minimum Gasteiger partial charge on any atom is -0.481 e. The van der Waals surface area contributed by atoms with E-state index in [1.807, 2.05) is 6.08 Å². The van der Waals surface area contributed by atoms with Gasteiger partial charge in [0.25, 0.3) is 0 Å². The predicted molar refractivity (Wildman–Crippen MR) is 57.1 cm³/mol. The Kier molecular flexibility index (Phi) is 4.71. The van der Waals surface area contributed by atoms with Crippen molar-refractivity contribution >= 4 is 5.97 Å². The van der Waals surface area contributed by atoms with Crippen LogP contribution in [-0.2, 0) is 4.79 Å². The number of rotatable bonds is 2. The van der Waals surface area contributed by atoms with Crippen LogP contribution in [0.25, 0.3) is 0 Å². The fraction of sp³-hybridized carbons (Fsp3) is 0.750. The van der Waals surface area contributed by atoms with E-state index >= 15 is 0 Å². The Labute approximate surface area is 86.0 Å². The topological polar surface area (TPSA) is 37.3 Å². The summed E-state index contributed by atoms with van der Waals surface area (Å²) in [6.45, 7) is 3.76. The van der Waals surface area contributed by atoms with Crippen LogP contribution in [0.1, 0.15) is 44.9 Å². The molecule has 14 heavy (non-hydrogen) atoms. The molecule has 1 fully saturated rings. The summed E-state index contributed by atoms with van der Waals surface area (Å²) in [5.74, 6) is -0.645. The zero-order valence-corrected chi connectivity index (χ0v) is 8.74. The molecule has 0 amide bonds. The molecule has 1 aliphatic rings. The van der Waals surface area contributed by atoms with Crippen LogP contribution in [0.15, 0.2) is 12.7 Å². The van der Waals surface area contributed by atoms with Gasteiger partial charge in [0, 0.05) is 0 Å². The number of hydrogen-bond donors (Lipinski definition) is 1. The van der Waals surface area contributed by atoms with Crippen LogP contribution >= 0.6 is 0 Å². The van der Waals surface area contributed by atoms with Crippen LogP contribution in [0.4, 0.5) is 0 Å². The van der Waals surface area contributed by atoms with Gasteiger partial charge in [0.15, 0.2) is 0 Å². The molecular weight excluding hydrogens is 176 g/mol. The van der Waals surface area contributed by atoms with Crippen LogP contribution in [0.2, 0.25) is 0 Å². The normalized spacial score (nSPS) is 29.7. The molecule has 1 N–H and O–H groups in total. The first-order valence-electron chi connectivity index (χ1n) is 5.61. The Balaban J connectivity index is 2.61. The van der Waals surface area contributed by atoms with Crippen LogP contribution in [0, 0.1) is 11.8 Å². The summed E-state index contributed by atoms with van der Waals surface area (Å²) in [6.07, 6.45) is 9.57. The Hall–Kier alpha value is -0.790. The van der Waals surface area contributed by atoms with E-state index in [2.05, 4.69) is 6.58 Å². The van der Waals surface area contributed by atoms with Crippen LogP contribution < -0.4 is 0 Å². The highest BCUT2D eigenvalue weighted by molar-refractivity contribution is 5.70. The van der Waals surface area contributed by atoms with Crippen molar-refractivity contribution in [1.82, 2.24) is 0 Å². The van der Waals surface area contributed by atoms with Crippen LogP contribution in [0.3, 0.4) is 0 Å². The molecule has 0 aromatic heterocycles. The van der Waals surface area contributed by atoms with Gasteiger partial charge in [-0.1, -0.05) is 38.2 Å². The molecule has 1 saturated carbocycles. The summed E-state index contributed by atoms with van der Waals surface area (Å²) in [5.41, 5.74) is 0. The molecular formula is C12H20O2. The largest absolute Gasteiger partial charge is 0.481 e. The first kappa shape index (κ1) is 11.3. The number of carbonyl (C=O) groups is 1. The number of carboxylic acid groups (broad SMARTS) is 1. The summed E-state index contributed by atoms with van der Waals surface area (Å²) in [6, 6.07) is 0. The van der Waals surface area contributed by atoms with Crippen molar-refractivity contribution in [3.05, 3.63) is 12.7 Å². The SMILES string of the molecule is C=CC1CCCCCCCC1C(=O)O. The Morgan fingerprint density at radius 3 is 2.29 bits per heavy atom. The first-order chi connectivity index (χ1) is 6.75. The van der Waals surface area contributed by atoms with Crippen molar-refractivity contribution < 1.29 is 9.90 Å². The Morgan fingerprint density at radius 2 is 1.71 bits per heavy atom. The van der Waals surface area contributed by atoms with Gasteiger partial charge in [0.2, 0.25) is 0 Å². The van der Waals surface area contributed by atoms with Crippen LogP contribution in [0.5, 0.6) is 0 Å². The van der Waals surface area contributed by atoms with E-state index < -0.39 is 5.97 Å². The van der Waals surface area contributed by atoms with E-state index in [1.54, 1.807) is 0 Å². The quantitative estimate of drug-likeness (QED) is 0.688. The molecule has 0 bridgehead atoms. The van der Waals surface area contributed by atoms with Crippen molar-refractivity contribution in [2.75, 3.05) is 0 Å². The standard InChI is InChI=1S/C12H20O2/c1-2-10-8-6-4-3-5-7-9-11(10)12(13)14/h2,10-11H,1,3-9H2,(H,13,14). The lowest BCUT2D eigenvalue weighted by molar-refractivity contribution is -0.143. The first-order valence-corrected chi connectivity index (χ1v) is 5.61. The summed E-state index contributed by atoms with van der Waals surface area (Å²) in [4.78, 5) is 11.1. The van der Waals surface area contributed by atoms with Crippen molar-refractivity contribution in [2.24, 2.45) is 11.8 Å².